The summed E-state index contributed by atoms with van der Waals surface area (Å²) in [5, 5.41) is 11.5. The number of aryl methyl sites for hydroxylation is 1. The number of rotatable bonds is 3. The topological polar surface area (TPSA) is 69.6 Å². The highest BCUT2D eigenvalue weighted by atomic mass is 16.4. The lowest BCUT2D eigenvalue weighted by Gasteiger charge is -2.16. The Bertz CT molecular complexity index is 517. The Morgan fingerprint density at radius 1 is 1.50 bits per heavy atom. The molecular formula is C13H14N2O3. The van der Waals surface area contributed by atoms with Crippen LogP contribution in [-0.4, -0.2) is 35.6 Å². The lowest BCUT2D eigenvalue weighted by Crippen LogP contribution is -2.31. The third kappa shape index (κ3) is 3.25. The first-order valence-corrected chi connectivity index (χ1v) is 5.25. The number of carbonyl (C=O) groups excluding carboxylic acids is 1. The highest BCUT2D eigenvalue weighted by Crippen LogP contribution is 2.16. The van der Waals surface area contributed by atoms with E-state index in [1.807, 2.05) is 0 Å². The molecule has 1 aromatic carbocycles. The maximum Gasteiger partial charge on any atom is 0.335 e. The van der Waals surface area contributed by atoms with Crippen LogP contribution in [0.4, 0.5) is 10.5 Å². The van der Waals surface area contributed by atoms with Crippen molar-refractivity contribution >= 4 is 17.7 Å². The Morgan fingerprint density at radius 2 is 2.17 bits per heavy atom. The van der Waals surface area contributed by atoms with Gasteiger partial charge in [0, 0.05) is 12.7 Å². The van der Waals surface area contributed by atoms with Crippen molar-refractivity contribution in [3.05, 3.63) is 29.3 Å². The summed E-state index contributed by atoms with van der Waals surface area (Å²) in [7, 11) is 1.58. The fraction of sp³-hybridized carbons (Fsp3) is 0.231. The van der Waals surface area contributed by atoms with Crippen LogP contribution < -0.4 is 5.32 Å². The first-order chi connectivity index (χ1) is 8.45. The summed E-state index contributed by atoms with van der Waals surface area (Å²) in [6.07, 6.45) is 5.11. The zero-order valence-electron chi connectivity index (χ0n) is 10.2. The molecule has 0 fully saturated rings. The van der Waals surface area contributed by atoms with Crippen LogP contribution >= 0.6 is 0 Å². The van der Waals surface area contributed by atoms with Gasteiger partial charge in [-0.05, 0) is 30.7 Å². The van der Waals surface area contributed by atoms with Crippen molar-refractivity contribution in [1.82, 2.24) is 4.90 Å². The zero-order chi connectivity index (χ0) is 13.7. The molecule has 2 amide bonds. The van der Waals surface area contributed by atoms with E-state index in [0.29, 0.717) is 11.3 Å². The summed E-state index contributed by atoms with van der Waals surface area (Å²) in [5.74, 6) is 1.36. The minimum atomic E-state index is -1.000. The molecule has 1 rings (SSSR count). The fourth-order valence-corrected chi connectivity index (χ4v) is 1.36. The van der Waals surface area contributed by atoms with Crippen LogP contribution in [0.25, 0.3) is 0 Å². The number of carbonyl (C=O) groups is 2. The van der Waals surface area contributed by atoms with Gasteiger partial charge in [-0.2, -0.15) is 0 Å². The average molecular weight is 246 g/mol. The number of nitrogens with zero attached hydrogens (tertiary/aromatic N) is 1. The predicted molar refractivity (Wildman–Crippen MR) is 68.6 cm³/mol. The second-order valence-electron chi connectivity index (χ2n) is 3.83. The van der Waals surface area contributed by atoms with Gasteiger partial charge in [0.15, 0.2) is 0 Å². The number of hydrogen-bond acceptors (Lipinski definition) is 2. The van der Waals surface area contributed by atoms with Crippen molar-refractivity contribution in [2.45, 2.75) is 6.92 Å². The number of anilines is 1. The van der Waals surface area contributed by atoms with Crippen molar-refractivity contribution in [3.63, 3.8) is 0 Å². The van der Waals surface area contributed by atoms with Crippen molar-refractivity contribution in [2.75, 3.05) is 18.9 Å². The molecule has 5 nitrogen and oxygen atoms in total. The second kappa shape index (κ2) is 5.73. The van der Waals surface area contributed by atoms with Gasteiger partial charge in [0.25, 0.3) is 0 Å². The first kappa shape index (κ1) is 13.6. The maximum absolute atomic E-state index is 11.7. The monoisotopic (exact) mass is 246 g/mol. The van der Waals surface area contributed by atoms with Gasteiger partial charge in [-0.3, -0.25) is 0 Å². The van der Waals surface area contributed by atoms with E-state index < -0.39 is 5.97 Å². The number of amides is 2. The van der Waals surface area contributed by atoms with Gasteiger partial charge >= 0.3 is 12.0 Å². The van der Waals surface area contributed by atoms with Crippen molar-refractivity contribution in [3.8, 4) is 12.3 Å². The fourth-order valence-electron chi connectivity index (χ4n) is 1.36. The molecule has 5 heteroatoms. The molecule has 0 spiro atoms. The predicted octanol–water partition coefficient (Wildman–Crippen LogP) is 1.79. The zero-order valence-corrected chi connectivity index (χ0v) is 10.2. The van der Waals surface area contributed by atoms with E-state index in [9.17, 15) is 9.59 Å². The molecule has 94 valence electrons. The van der Waals surface area contributed by atoms with Crippen LogP contribution in [0.2, 0.25) is 0 Å². The Balaban J connectivity index is 2.83. The van der Waals surface area contributed by atoms with E-state index in [0.717, 1.165) is 0 Å². The van der Waals surface area contributed by atoms with E-state index in [1.54, 1.807) is 20.0 Å². The van der Waals surface area contributed by atoms with Crippen LogP contribution in [0.15, 0.2) is 18.2 Å². The second-order valence-corrected chi connectivity index (χ2v) is 3.83. The summed E-state index contributed by atoms with van der Waals surface area (Å²) in [4.78, 5) is 23.8. The van der Waals surface area contributed by atoms with Crippen LogP contribution in [0.5, 0.6) is 0 Å². The normalized spacial score (nSPS) is 9.39. The van der Waals surface area contributed by atoms with Gasteiger partial charge in [0.2, 0.25) is 0 Å². The summed E-state index contributed by atoms with van der Waals surface area (Å²) in [5.41, 5.74) is 1.42. The Kier molecular flexibility index (Phi) is 4.33. The SMILES string of the molecule is C#CCN(C)C(=O)Nc1ccc(C(=O)O)cc1C. The maximum atomic E-state index is 11.7. The van der Waals surface area contributed by atoms with E-state index in [2.05, 4.69) is 11.2 Å². The molecule has 0 saturated carbocycles. The van der Waals surface area contributed by atoms with E-state index in [1.165, 1.54) is 17.0 Å². The number of carboxylic acids is 1. The number of hydrogen-bond donors (Lipinski definition) is 2. The van der Waals surface area contributed by atoms with Gasteiger partial charge in [-0.1, -0.05) is 5.92 Å². The average Bonchev–Trinajstić information content (AvgIpc) is 2.31. The molecule has 0 heterocycles. The Labute approximate surface area is 105 Å². The van der Waals surface area contributed by atoms with Crippen LogP contribution in [0, 0.1) is 19.3 Å². The van der Waals surface area contributed by atoms with Gasteiger partial charge in [0.1, 0.15) is 0 Å². The molecule has 0 aliphatic rings. The quantitative estimate of drug-likeness (QED) is 0.799. The third-order valence-electron chi connectivity index (χ3n) is 2.39. The Morgan fingerprint density at radius 3 is 2.67 bits per heavy atom. The van der Waals surface area contributed by atoms with Crippen LogP contribution in [0.1, 0.15) is 15.9 Å². The Hall–Kier alpha value is -2.48. The molecule has 0 unspecified atom stereocenters. The molecule has 0 bridgehead atoms. The first-order valence-electron chi connectivity index (χ1n) is 5.25. The number of carboxylic acid groups (broad SMARTS) is 1. The van der Waals surface area contributed by atoms with Crippen molar-refractivity contribution < 1.29 is 14.7 Å². The summed E-state index contributed by atoms with van der Waals surface area (Å²) in [6, 6.07) is 4.16. The summed E-state index contributed by atoms with van der Waals surface area (Å²) >= 11 is 0. The standard InChI is InChI=1S/C13H14N2O3/c1-4-7-15(3)13(18)14-11-6-5-10(12(16)17)8-9(11)2/h1,5-6,8H,7H2,2-3H3,(H,14,18)(H,16,17). The minimum absolute atomic E-state index is 0.183. The highest BCUT2D eigenvalue weighted by Gasteiger charge is 2.10. The minimum Gasteiger partial charge on any atom is -0.478 e. The molecule has 1 aromatic rings. The molecule has 18 heavy (non-hydrogen) atoms. The van der Waals surface area contributed by atoms with Gasteiger partial charge in [-0.15, -0.1) is 6.42 Å². The van der Waals surface area contributed by atoms with Gasteiger partial charge in [-0.25, -0.2) is 9.59 Å². The number of benzene rings is 1. The lowest BCUT2D eigenvalue weighted by molar-refractivity contribution is 0.0697. The summed E-state index contributed by atoms with van der Waals surface area (Å²) < 4.78 is 0. The molecule has 2 N–H and O–H groups in total. The number of nitrogens with one attached hydrogen (secondary N) is 1. The van der Waals surface area contributed by atoms with Gasteiger partial charge in [0.05, 0.1) is 12.1 Å². The third-order valence-corrected chi connectivity index (χ3v) is 2.39. The molecule has 0 aliphatic heterocycles. The number of terminal acetylenes is 1. The molecule has 0 atom stereocenters. The lowest BCUT2D eigenvalue weighted by atomic mass is 10.1. The number of aromatic carboxylic acids is 1. The number of urea groups is 1. The summed E-state index contributed by atoms with van der Waals surface area (Å²) in [6.45, 7) is 1.93. The van der Waals surface area contributed by atoms with Gasteiger partial charge < -0.3 is 15.3 Å². The molecule has 0 aromatic heterocycles. The van der Waals surface area contributed by atoms with Crippen molar-refractivity contribution in [2.24, 2.45) is 0 Å². The largest absolute Gasteiger partial charge is 0.478 e. The van der Waals surface area contributed by atoms with E-state index in [-0.39, 0.29) is 18.1 Å². The molecule has 0 aliphatic carbocycles. The smallest absolute Gasteiger partial charge is 0.335 e. The molecule has 0 saturated heterocycles. The van der Waals surface area contributed by atoms with Crippen LogP contribution in [0.3, 0.4) is 0 Å². The highest BCUT2D eigenvalue weighted by molar-refractivity contribution is 5.92. The van der Waals surface area contributed by atoms with Crippen LogP contribution in [-0.2, 0) is 0 Å². The molecule has 0 radical (unpaired) electrons. The molecular weight excluding hydrogens is 232 g/mol. The van der Waals surface area contributed by atoms with Crippen molar-refractivity contribution in [1.29, 1.82) is 0 Å². The van der Waals surface area contributed by atoms with E-state index >= 15 is 0 Å². The van der Waals surface area contributed by atoms with E-state index in [4.69, 9.17) is 11.5 Å².